The van der Waals surface area contributed by atoms with Crippen molar-refractivity contribution < 1.29 is 14.3 Å². The van der Waals surface area contributed by atoms with Gasteiger partial charge in [-0.2, -0.15) is 0 Å². The standard InChI is InChI=1S/C23H34N4O3/c1-30-21-9-3-2-8-20(21)25-15-13-24(14-16-25)19-7-6-12-26(17-19)23(29)18-27-11-5-4-10-22(27)28/h2-3,8-9,19H,4-7,10-18H2,1H3/t19-/m1/s1. The number of carbonyl (C=O) groups excluding carboxylic acids is 2. The van der Waals surface area contributed by atoms with E-state index in [4.69, 9.17) is 4.74 Å². The van der Waals surface area contributed by atoms with Gasteiger partial charge in [0.25, 0.3) is 0 Å². The minimum Gasteiger partial charge on any atom is -0.495 e. The van der Waals surface area contributed by atoms with Gasteiger partial charge in [0.1, 0.15) is 5.75 Å². The molecule has 7 nitrogen and oxygen atoms in total. The number of nitrogens with zero attached hydrogens (tertiary/aromatic N) is 4. The molecule has 0 aromatic heterocycles. The van der Waals surface area contributed by atoms with Crippen LogP contribution in [0.2, 0.25) is 0 Å². The summed E-state index contributed by atoms with van der Waals surface area (Å²) in [5, 5.41) is 0. The zero-order valence-corrected chi connectivity index (χ0v) is 18.1. The quantitative estimate of drug-likeness (QED) is 0.736. The molecule has 1 atom stereocenters. The van der Waals surface area contributed by atoms with Gasteiger partial charge >= 0.3 is 0 Å². The Bertz CT molecular complexity index is 748. The fraction of sp³-hybridized carbons (Fsp3) is 0.652. The lowest BCUT2D eigenvalue weighted by Gasteiger charge is -2.44. The van der Waals surface area contributed by atoms with Gasteiger partial charge in [-0.15, -0.1) is 0 Å². The summed E-state index contributed by atoms with van der Waals surface area (Å²) in [4.78, 5) is 33.6. The number of ether oxygens (including phenoxy) is 1. The number of likely N-dealkylation sites (tertiary alicyclic amines) is 2. The minimum absolute atomic E-state index is 0.114. The van der Waals surface area contributed by atoms with Crippen molar-refractivity contribution in [1.29, 1.82) is 0 Å². The molecule has 0 bridgehead atoms. The number of anilines is 1. The van der Waals surface area contributed by atoms with E-state index < -0.39 is 0 Å². The molecule has 2 amide bonds. The Morgan fingerprint density at radius 1 is 1.03 bits per heavy atom. The van der Waals surface area contributed by atoms with Crippen LogP contribution in [0.4, 0.5) is 5.69 Å². The Balaban J connectivity index is 1.30. The third kappa shape index (κ3) is 4.72. The summed E-state index contributed by atoms with van der Waals surface area (Å²) in [5.74, 6) is 1.17. The number of methoxy groups -OCH3 is 1. The highest BCUT2D eigenvalue weighted by Crippen LogP contribution is 2.29. The first-order chi connectivity index (χ1) is 14.7. The van der Waals surface area contributed by atoms with Gasteiger partial charge in [0.15, 0.2) is 0 Å². The molecule has 1 aromatic carbocycles. The van der Waals surface area contributed by atoms with Gasteiger partial charge < -0.3 is 19.4 Å². The lowest BCUT2D eigenvalue weighted by atomic mass is 10.0. The number of hydrogen-bond donors (Lipinski definition) is 0. The van der Waals surface area contributed by atoms with Crippen LogP contribution in [0.1, 0.15) is 32.1 Å². The van der Waals surface area contributed by atoms with E-state index in [1.807, 2.05) is 17.0 Å². The molecule has 3 aliphatic rings. The second kappa shape index (κ2) is 9.69. The van der Waals surface area contributed by atoms with Crippen LogP contribution in [0, 0.1) is 0 Å². The van der Waals surface area contributed by atoms with Crippen molar-refractivity contribution in [2.24, 2.45) is 0 Å². The van der Waals surface area contributed by atoms with Crippen LogP contribution in [0.5, 0.6) is 5.75 Å². The number of hydrogen-bond acceptors (Lipinski definition) is 5. The number of benzene rings is 1. The lowest BCUT2D eigenvalue weighted by molar-refractivity contribution is -0.143. The molecule has 3 saturated heterocycles. The Kier molecular flexibility index (Phi) is 6.77. The predicted molar refractivity (Wildman–Crippen MR) is 117 cm³/mol. The third-order valence-electron chi connectivity index (χ3n) is 6.75. The molecule has 4 rings (SSSR count). The van der Waals surface area contributed by atoms with Gasteiger partial charge in [-0.3, -0.25) is 14.5 Å². The Morgan fingerprint density at radius 2 is 1.83 bits per heavy atom. The summed E-state index contributed by atoms with van der Waals surface area (Å²) < 4.78 is 5.52. The molecular formula is C23H34N4O3. The van der Waals surface area contributed by atoms with Crippen molar-refractivity contribution in [3.05, 3.63) is 24.3 Å². The maximum absolute atomic E-state index is 12.8. The Labute approximate surface area is 179 Å². The summed E-state index contributed by atoms with van der Waals surface area (Å²) in [6.07, 6.45) is 4.73. The van der Waals surface area contributed by atoms with Gasteiger partial charge in [-0.25, -0.2) is 0 Å². The van der Waals surface area contributed by atoms with Crippen molar-refractivity contribution in [3.8, 4) is 5.75 Å². The molecule has 0 spiro atoms. The van der Waals surface area contributed by atoms with Crippen LogP contribution >= 0.6 is 0 Å². The molecule has 0 unspecified atom stereocenters. The van der Waals surface area contributed by atoms with Crippen molar-refractivity contribution in [1.82, 2.24) is 14.7 Å². The molecule has 7 heteroatoms. The van der Waals surface area contributed by atoms with Crippen LogP contribution in [-0.4, -0.2) is 92.0 Å². The molecular weight excluding hydrogens is 380 g/mol. The van der Waals surface area contributed by atoms with E-state index in [9.17, 15) is 9.59 Å². The first kappa shape index (κ1) is 21.0. The summed E-state index contributed by atoms with van der Waals surface area (Å²) >= 11 is 0. The topological polar surface area (TPSA) is 56.3 Å². The summed E-state index contributed by atoms with van der Waals surface area (Å²) in [6, 6.07) is 8.61. The average Bonchev–Trinajstić information content (AvgIpc) is 2.80. The molecule has 3 fully saturated rings. The zero-order chi connectivity index (χ0) is 20.9. The van der Waals surface area contributed by atoms with Crippen molar-refractivity contribution in [3.63, 3.8) is 0 Å². The largest absolute Gasteiger partial charge is 0.495 e. The SMILES string of the molecule is COc1ccccc1N1CCN([C@@H]2CCCN(C(=O)CN3CCCCC3=O)C2)CC1. The highest BCUT2D eigenvalue weighted by molar-refractivity contribution is 5.85. The number of para-hydroxylation sites is 2. The molecule has 3 aliphatic heterocycles. The zero-order valence-electron chi connectivity index (χ0n) is 18.1. The summed E-state index contributed by atoms with van der Waals surface area (Å²) in [6.45, 7) is 6.51. The normalized spacial score (nSPS) is 23.6. The van der Waals surface area contributed by atoms with Gasteiger partial charge in [-0.05, 0) is 37.8 Å². The Morgan fingerprint density at radius 3 is 2.60 bits per heavy atom. The number of piperidine rings is 2. The fourth-order valence-electron chi connectivity index (χ4n) is 4.99. The van der Waals surface area contributed by atoms with Crippen LogP contribution in [0.3, 0.4) is 0 Å². The molecule has 0 saturated carbocycles. The van der Waals surface area contributed by atoms with E-state index in [1.165, 1.54) is 0 Å². The molecule has 0 N–H and O–H groups in total. The fourth-order valence-corrected chi connectivity index (χ4v) is 4.99. The highest BCUT2D eigenvalue weighted by Gasteiger charge is 2.31. The van der Waals surface area contributed by atoms with E-state index in [2.05, 4.69) is 21.9 Å². The van der Waals surface area contributed by atoms with Gasteiger partial charge in [-0.1, -0.05) is 12.1 Å². The Hall–Kier alpha value is -2.28. The van der Waals surface area contributed by atoms with Crippen LogP contribution in [0.15, 0.2) is 24.3 Å². The first-order valence-corrected chi connectivity index (χ1v) is 11.3. The molecule has 164 valence electrons. The van der Waals surface area contributed by atoms with E-state index in [1.54, 1.807) is 12.0 Å². The summed E-state index contributed by atoms with van der Waals surface area (Å²) in [5.41, 5.74) is 1.16. The first-order valence-electron chi connectivity index (χ1n) is 11.3. The monoisotopic (exact) mass is 414 g/mol. The smallest absolute Gasteiger partial charge is 0.242 e. The van der Waals surface area contributed by atoms with Gasteiger partial charge in [0, 0.05) is 58.3 Å². The van der Waals surface area contributed by atoms with E-state index >= 15 is 0 Å². The molecule has 3 heterocycles. The highest BCUT2D eigenvalue weighted by atomic mass is 16.5. The second-order valence-corrected chi connectivity index (χ2v) is 8.60. The van der Waals surface area contributed by atoms with Crippen molar-refractivity contribution in [2.75, 3.05) is 64.4 Å². The number of rotatable bonds is 5. The molecule has 0 aliphatic carbocycles. The lowest BCUT2D eigenvalue weighted by Crippen LogP contribution is -2.57. The van der Waals surface area contributed by atoms with Crippen LogP contribution in [-0.2, 0) is 9.59 Å². The van der Waals surface area contributed by atoms with Crippen molar-refractivity contribution in [2.45, 2.75) is 38.1 Å². The van der Waals surface area contributed by atoms with Crippen LogP contribution < -0.4 is 9.64 Å². The van der Waals surface area contributed by atoms with Gasteiger partial charge in [0.05, 0.1) is 19.3 Å². The van der Waals surface area contributed by atoms with E-state index in [0.717, 1.165) is 82.9 Å². The van der Waals surface area contributed by atoms with Crippen molar-refractivity contribution >= 4 is 17.5 Å². The third-order valence-corrected chi connectivity index (χ3v) is 6.75. The number of carbonyl (C=O) groups is 2. The minimum atomic E-state index is 0.114. The summed E-state index contributed by atoms with van der Waals surface area (Å²) in [7, 11) is 1.72. The molecule has 30 heavy (non-hydrogen) atoms. The van der Waals surface area contributed by atoms with E-state index in [-0.39, 0.29) is 18.4 Å². The number of amides is 2. The maximum Gasteiger partial charge on any atom is 0.242 e. The molecule has 1 aromatic rings. The van der Waals surface area contributed by atoms with Crippen LogP contribution in [0.25, 0.3) is 0 Å². The second-order valence-electron chi connectivity index (χ2n) is 8.60. The van der Waals surface area contributed by atoms with Gasteiger partial charge in [0.2, 0.25) is 11.8 Å². The maximum atomic E-state index is 12.8. The van der Waals surface area contributed by atoms with E-state index in [0.29, 0.717) is 12.5 Å². The average molecular weight is 415 g/mol. The number of piperazine rings is 1. The predicted octanol–water partition coefficient (Wildman–Crippen LogP) is 1.82. The molecule has 0 radical (unpaired) electrons.